The number of methoxy groups -OCH3 is 1. The molecule has 7 nitrogen and oxygen atoms in total. The molecule has 1 fully saturated rings. The van der Waals surface area contributed by atoms with Gasteiger partial charge in [-0.05, 0) is 33.6 Å². The van der Waals surface area contributed by atoms with Crippen LogP contribution >= 0.6 is 0 Å². The number of carbonyl (C=O) groups excluding carboxylic acids is 2. The van der Waals surface area contributed by atoms with Crippen molar-refractivity contribution in [1.82, 2.24) is 4.90 Å². The largest absolute Gasteiger partial charge is 0.480 e. The van der Waals surface area contributed by atoms with E-state index in [9.17, 15) is 19.5 Å². The van der Waals surface area contributed by atoms with Crippen molar-refractivity contribution >= 4 is 18.0 Å². The van der Waals surface area contributed by atoms with Gasteiger partial charge >= 0.3 is 18.0 Å². The molecule has 0 radical (unpaired) electrons. The molecular formula is C13H21NO6. The summed E-state index contributed by atoms with van der Waals surface area (Å²) in [4.78, 5) is 36.3. The molecule has 0 bridgehead atoms. The molecular weight excluding hydrogens is 266 g/mol. The molecule has 0 saturated carbocycles. The number of carboxylic acids is 1. The molecule has 1 aliphatic rings. The molecule has 1 aliphatic heterocycles. The highest BCUT2D eigenvalue weighted by Gasteiger charge is 2.50. The topological polar surface area (TPSA) is 93.1 Å². The van der Waals surface area contributed by atoms with E-state index in [1.165, 1.54) is 4.90 Å². The van der Waals surface area contributed by atoms with E-state index in [-0.39, 0.29) is 25.9 Å². The molecule has 0 aliphatic carbocycles. The summed E-state index contributed by atoms with van der Waals surface area (Å²) >= 11 is 0. The van der Waals surface area contributed by atoms with E-state index in [4.69, 9.17) is 4.74 Å². The molecule has 1 N–H and O–H groups in total. The minimum absolute atomic E-state index is 0.0221. The van der Waals surface area contributed by atoms with Crippen molar-refractivity contribution < 1.29 is 29.0 Å². The van der Waals surface area contributed by atoms with Gasteiger partial charge in [-0.15, -0.1) is 0 Å². The van der Waals surface area contributed by atoms with Gasteiger partial charge < -0.3 is 19.5 Å². The maximum absolute atomic E-state index is 11.9. The maximum atomic E-state index is 11.9. The Kier molecular flexibility index (Phi) is 4.62. The minimum Gasteiger partial charge on any atom is -0.480 e. The molecule has 1 amide bonds. The van der Waals surface area contributed by atoms with E-state index in [0.29, 0.717) is 0 Å². The third kappa shape index (κ3) is 3.40. The molecule has 0 atom stereocenters. The van der Waals surface area contributed by atoms with Crippen LogP contribution in [0.25, 0.3) is 0 Å². The fourth-order valence-corrected chi connectivity index (χ4v) is 2.10. The number of likely N-dealkylation sites (tertiary alicyclic amines) is 1. The molecule has 0 unspecified atom stereocenters. The highest BCUT2D eigenvalue weighted by Crippen LogP contribution is 2.33. The average Bonchev–Trinajstić information content (AvgIpc) is 2.35. The van der Waals surface area contributed by atoms with Crippen LogP contribution in [0.3, 0.4) is 0 Å². The summed E-state index contributed by atoms with van der Waals surface area (Å²) in [5, 5.41) is 9.27. The number of piperidine rings is 1. The molecule has 1 saturated heterocycles. The zero-order valence-corrected chi connectivity index (χ0v) is 12.3. The van der Waals surface area contributed by atoms with Crippen molar-refractivity contribution in [2.75, 3.05) is 20.2 Å². The van der Waals surface area contributed by atoms with Crippen molar-refractivity contribution in [3.05, 3.63) is 0 Å². The second kappa shape index (κ2) is 5.68. The number of esters is 1. The predicted molar refractivity (Wildman–Crippen MR) is 69.1 cm³/mol. The van der Waals surface area contributed by atoms with Gasteiger partial charge in [-0.25, -0.2) is 4.79 Å². The summed E-state index contributed by atoms with van der Waals surface area (Å²) < 4.78 is 9.79. The summed E-state index contributed by atoms with van der Waals surface area (Å²) in [5.41, 5.74) is -2.17. The van der Waals surface area contributed by atoms with Gasteiger partial charge in [0.2, 0.25) is 0 Å². The van der Waals surface area contributed by atoms with Crippen molar-refractivity contribution in [2.45, 2.75) is 39.2 Å². The summed E-state index contributed by atoms with van der Waals surface area (Å²) in [6.07, 6.45) is -0.455. The third-order valence-electron chi connectivity index (χ3n) is 3.25. The number of aliphatic carboxylic acids is 1. The van der Waals surface area contributed by atoms with Crippen molar-refractivity contribution in [3.8, 4) is 0 Å². The van der Waals surface area contributed by atoms with Crippen LogP contribution in [0.1, 0.15) is 33.6 Å². The highest BCUT2D eigenvalue weighted by molar-refractivity contribution is 5.99. The second-order valence-electron chi connectivity index (χ2n) is 5.85. The first-order chi connectivity index (χ1) is 9.12. The van der Waals surface area contributed by atoms with E-state index < -0.39 is 29.0 Å². The number of rotatable bonds is 2. The first-order valence-electron chi connectivity index (χ1n) is 6.42. The van der Waals surface area contributed by atoms with E-state index in [1.54, 1.807) is 20.8 Å². The van der Waals surface area contributed by atoms with Crippen LogP contribution in [-0.2, 0) is 19.1 Å². The van der Waals surface area contributed by atoms with Crippen LogP contribution in [0.5, 0.6) is 0 Å². The smallest absolute Gasteiger partial charge is 0.410 e. The monoisotopic (exact) mass is 287 g/mol. The number of carbonyl (C=O) groups is 3. The summed E-state index contributed by atoms with van der Waals surface area (Å²) in [6.45, 7) is 5.56. The standard InChI is InChI=1S/C13H21NO6/c1-12(2,3)20-11(18)14-7-5-13(6-8-14,9(15)16)10(17)19-4/h5-8H2,1-4H3,(H,15,16). The van der Waals surface area contributed by atoms with Crippen LogP contribution in [0.2, 0.25) is 0 Å². The number of carboxylic acid groups (broad SMARTS) is 1. The van der Waals surface area contributed by atoms with Gasteiger partial charge in [0.25, 0.3) is 0 Å². The van der Waals surface area contributed by atoms with E-state index in [0.717, 1.165) is 7.11 Å². The first kappa shape index (κ1) is 16.3. The molecule has 1 heterocycles. The first-order valence-corrected chi connectivity index (χ1v) is 6.42. The molecule has 0 spiro atoms. The Morgan fingerprint density at radius 3 is 2.00 bits per heavy atom. The van der Waals surface area contributed by atoms with Crippen LogP contribution in [-0.4, -0.2) is 53.8 Å². The van der Waals surface area contributed by atoms with E-state index >= 15 is 0 Å². The van der Waals surface area contributed by atoms with Crippen molar-refractivity contribution in [3.63, 3.8) is 0 Å². The van der Waals surface area contributed by atoms with Gasteiger partial charge in [-0.2, -0.15) is 0 Å². The third-order valence-corrected chi connectivity index (χ3v) is 3.25. The summed E-state index contributed by atoms with van der Waals surface area (Å²) in [5.74, 6) is -1.98. The summed E-state index contributed by atoms with van der Waals surface area (Å²) in [6, 6.07) is 0. The average molecular weight is 287 g/mol. The highest BCUT2D eigenvalue weighted by atomic mass is 16.6. The number of ether oxygens (including phenoxy) is 2. The molecule has 7 heteroatoms. The number of hydrogen-bond acceptors (Lipinski definition) is 5. The molecule has 0 aromatic carbocycles. The number of nitrogens with zero attached hydrogens (tertiary/aromatic N) is 1. The zero-order chi connectivity index (χ0) is 15.6. The van der Waals surface area contributed by atoms with Gasteiger partial charge in [-0.1, -0.05) is 0 Å². The molecule has 114 valence electrons. The second-order valence-corrected chi connectivity index (χ2v) is 5.85. The lowest BCUT2D eigenvalue weighted by atomic mass is 9.78. The Hall–Kier alpha value is -1.79. The number of hydrogen-bond donors (Lipinski definition) is 1. The van der Waals surface area contributed by atoms with Crippen molar-refractivity contribution in [2.24, 2.45) is 5.41 Å². The normalized spacial score (nSPS) is 18.3. The van der Waals surface area contributed by atoms with E-state index in [1.807, 2.05) is 0 Å². The zero-order valence-electron chi connectivity index (χ0n) is 12.3. The lowest BCUT2D eigenvalue weighted by molar-refractivity contribution is -0.170. The lowest BCUT2D eigenvalue weighted by Gasteiger charge is -2.37. The van der Waals surface area contributed by atoms with Gasteiger partial charge in [0.05, 0.1) is 7.11 Å². The summed E-state index contributed by atoms with van der Waals surface area (Å²) in [7, 11) is 1.16. The van der Waals surface area contributed by atoms with Gasteiger partial charge in [-0.3, -0.25) is 9.59 Å². The fraction of sp³-hybridized carbons (Fsp3) is 0.769. The van der Waals surface area contributed by atoms with Crippen molar-refractivity contribution in [1.29, 1.82) is 0 Å². The SMILES string of the molecule is COC(=O)C1(C(=O)O)CCN(C(=O)OC(C)(C)C)CC1. The molecule has 0 aromatic heterocycles. The van der Waals surface area contributed by atoms with Crippen LogP contribution in [0.15, 0.2) is 0 Å². The molecule has 1 rings (SSSR count). The van der Waals surface area contributed by atoms with Gasteiger partial charge in [0, 0.05) is 13.1 Å². The van der Waals surface area contributed by atoms with Crippen LogP contribution in [0, 0.1) is 5.41 Å². The predicted octanol–water partition coefficient (Wildman–Crippen LogP) is 1.26. The Morgan fingerprint density at radius 1 is 1.15 bits per heavy atom. The Balaban J connectivity index is 2.73. The Bertz CT molecular complexity index is 404. The Morgan fingerprint density at radius 2 is 1.65 bits per heavy atom. The minimum atomic E-state index is -1.56. The van der Waals surface area contributed by atoms with Crippen LogP contribution < -0.4 is 0 Å². The fourth-order valence-electron chi connectivity index (χ4n) is 2.10. The maximum Gasteiger partial charge on any atom is 0.410 e. The number of amides is 1. The van der Waals surface area contributed by atoms with Gasteiger partial charge in [0.15, 0.2) is 5.41 Å². The lowest BCUT2D eigenvalue weighted by Crippen LogP contribution is -2.51. The van der Waals surface area contributed by atoms with Gasteiger partial charge in [0.1, 0.15) is 5.60 Å². The Labute approximate surface area is 117 Å². The quantitative estimate of drug-likeness (QED) is 0.607. The molecule has 0 aromatic rings. The molecule has 20 heavy (non-hydrogen) atoms. The van der Waals surface area contributed by atoms with Crippen LogP contribution in [0.4, 0.5) is 4.79 Å². The van der Waals surface area contributed by atoms with E-state index in [2.05, 4.69) is 4.74 Å².